The van der Waals surface area contributed by atoms with Gasteiger partial charge in [0, 0.05) is 34.9 Å². The molecule has 0 bridgehead atoms. The summed E-state index contributed by atoms with van der Waals surface area (Å²) in [7, 11) is 0. The third-order valence-corrected chi connectivity index (χ3v) is 4.21. The van der Waals surface area contributed by atoms with E-state index in [1.165, 1.54) is 19.1 Å². The van der Waals surface area contributed by atoms with Crippen molar-refractivity contribution in [3.8, 4) is 0 Å². The van der Waals surface area contributed by atoms with Crippen molar-refractivity contribution >= 4 is 45.3 Å². The van der Waals surface area contributed by atoms with Crippen LogP contribution in [0.15, 0.2) is 18.2 Å². The number of halogens is 1. The van der Waals surface area contributed by atoms with Crippen molar-refractivity contribution < 1.29 is 28.9 Å². The first-order valence-corrected chi connectivity index (χ1v) is 8.55. The van der Waals surface area contributed by atoms with Gasteiger partial charge in [0.1, 0.15) is 6.54 Å². The Morgan fingerprint density at radius 2 is 2.12 bits per heavy atom. The Balaban J connectivity index is 1.97. The van der Waals surface area contributed by atoms with Gasteiger partial charge in [-0.2, -0.15) is 0 Å². The minimum absolute atomic E-state index is 0.0175. The number of hydrogen-bond acceptors (Lipinski definition) is 7. The average molecular weight is 428 g/mol. The number of benzene rings is 1. The highest BCUT2D eigenvalue weighted by atomic mass is 79.9. The number of hydroxylamine groups is 2. The number of nitro groups is 1. The maximum absolute atomic E-state index is 12.0. The fourth-order valence-electron chi connectivity index (χ4n) is 2.23. The molecule has 1 fully saturated rings. The predicted molar refractivity (Wildman–Crippen MR) is 89.8 cm³/mol. The maximum atomic E-state index is 12.0. The molecule has 138 valence electrons. The van der Waals surface area contributed by atoms with E-state index in [1.54, 1.807) is 0 Å². The van der Waals surface area contributed by atoms with Gasteiger partial charge in [-0.3, -0.25) is 24.5 Å². The Kier molecular flexibility index (Phi) is 6.03. The quantitative estimate of drug-likeness (QED) is 0.310. The molecule has 1 aromatic carbocycles. The Hall–Kier alpha value is -2.82. The summed E-state index contributed by atoms with van der Waals surface area (Å²) >= 11 is 3.12. The van der Waals surface area contributed by atoms with Crippen molar-refractivity contribution in [1.82, 2.24) is 10.4 Å². The van der Waals surface area contributed by atoms with Crippen molar-refractivity contribution in [2.24, 2.45) is 5.92 Å². The summed E-state index contributed by atoms with van der Waals surface area (Å²) in [5, 5.41) is 13.9. The van der Waals surface area contributed by atoms with Gasteiger partial charge < -0.3 is 10.2 Å². The van der Waals surface area contributed by atoms with E-state index in [2.05, 4.69) is 26.1 Å². The van der Waals surface area contributed by atoms with Gasteiger partial charge in [-0.25, -0.2) is 4.79 Å². The summed E-state index contributed by atoms with van der Waals surface area (Å²) in [4.78, 5) is 62.0. The van der Waals surface area contributed by atoms with Crippen molar-refractivity contribution in [2.75, 3.05) is 6.54 Å². The lowest BCUT2D eigenvalue weighted by Crippen LogP contribution is -2.38. The van der Waals surface area contributed by atoms with Crippen LogP contribution in [0.5, 0.6) is 0 Å². The summed E-state index contributed by atoms with van der Waals surface area (Å²) in [6.07, 6.45) is -0.0535. The summed E-state index contributed by atoms with van der Waals surface area (Å²) in [5.74, 6) is -3.59. The third-order valence-electron chi connectivity index (χ3n) is 3.60. The molecule has 0 radical (unpaired) electrons. The topological polar surface area (TPSA) is 136 Å². The molecule has 0 spiro atoms. The van der Waals surface area contributed by atoms with Gasteiger partial charge in [0.2, 0.25) is 0 Å². The minimum Gasteiger partial charge on any atom is -0.341 e. The molecule has 1 saturated heterocycles. The number of nitrogens with zero attached hydrogens (tertiary/aromatic N) is 2. The SMILES string of the molecule is CC1CC(=O)N(OC(=O)CNC(=O)c2ccc(CBr)c([N+](=O)[O-])c2)C1=O. The fourth-order valence-corrected chi connectivity index (χ4v) is 2.70. The second kappa shape index (κ2) is 8.04. The fraction of sp³-hybridized carbons (Fsp3) is 0.333. The molecule has 0 aliphatic carbocycles. The Morgan fingerprint density at radius 3 is 2.65 bits per heavy atom. The van der Waals surface area contributed by atoms with E-state index < -0.39 is 41.1 Å². The number of imide groups is 1. The number of hydrogen-bond donors (Lipinski definition) is 1. The van der Waals surface area contributed by atoms with E-state index in [4.69, 9.17) is 0 Å². The van der Waals surface area contributed by atoms with Gasteiger partial charge >= 0.3 is 5.97 Å². The summed E-state index contributed by atoms with van der Waals surface area (Å²) < 4.78 is 0. The molecule has 1 aliphatic heterocycles. The van der Waals surface area contributed by atoms with Gasteiger partial charge in [0.25, 0.3) is 23.4 Å². The van der Waals surface area contributed by atoms with Crippen LogP contribution in [0.3, 0.4) is 0 Å². The molecule has 26 heavy (non-hydrogen) atoms. The largest absolute Gasteiger partial charge is 0.352 e. The lowest BCUT2D eigenvalue weighted by Gasteiger charge is -2.13. The van der Waals surface area contributed by atoms with Crippen molar-refractivity contribution in [3.63, 3.8) is 0 Å². The molecular formula is C15H14BrN3O7. The molecule has 1 aliphatic rings. The number of rotatable bonds is 6. The Bertz CT molecular complexity index is 795. The molecule has 1 unspecified atom stereocenters. The molecular weight excluding hydrogens is 414 g/mol. The zero-order valence-corrected chi connectivity index (χ0v) is 15.1. The van der Waals surface area contributed by atoms with Crippen LogP contribution < -0.4 is 5.32 Å². The molecule has 1 N–H and O–H groups in total. The molecule has 11 heteroatoms. The van der Waals surface area contributed by atoms with E-state index in [1.807, 2.05) is 0 Å². The van der Waals surface area contributed by atoms with Crippen molar-refractivity contribution in [1.29, 1.82) is 0 Å². The van der Waals surface area contributed by atoms with Crippen LogP contribution >= 0.6 is 15.9 Å². The third kappa shape index (κ3) is 4.23. The maximum Gasteiger partial charge on any atom is 0.352 e. The molecule has 1 atom stereocenters. The number of amides is 3. The van der Waals surface area contributed by atoms with Crippen LogP contribution in [0, 0.1) is 16.0 Å². The summed E-state index contributed by atoms with van der Waals surface area (Å²) in [6, 6.07) is 3.88. The van der Waals surface area contributed by atoms with E-state index in [9.17, 15) is 29.3 Å². The second-order valence-corrected chi connectivity index (χ2v) is 6.07. The number of nitro benzene ring substituents is 1. The number of nitrogens with one attached hydrogen (secondary N) is 1. The first-order valence-electron chi connectivity index (χ1n) is 7.43. The highest BCUT2D eigenvalue weighted by molar-refractivity contribution is 9.08. The van der Waals surface area contributed by atoms with Crippen LogP contribution in [0.25, 0.3) is 0 Å². The van der Waals surface area contributed by atoms with Crippen LogP contribution in [-0.4, -0.2) is 40.2 Å². The first-order chi connectivity index (χ1) is 12.2. The van der Waals surface area contributed by atoms with Gasteiger partial charge in [0.15, 0.2) is 0 Å². The lowest BCUT2D eigenvalue weighted by atomic mass is 10.1. The standard InChI is InChI=1S/C15H14BrN3O7/c1-8-4-12(20)18(15(8)23)26-13(21)7-17-14(22)9-2-3-10(6-16)11(5-9)19(24)25/h2-3,5,8H,4,6-7H2,1H3,(H,17,22). The van der Waals surface area contributed by atoms with Gasteiger partial charge in [-0.1, -0.05) is 28.9 Å². The van der Waals surface area contributed by atoms with Crippen LogP contribution in [0.2, 0.25) is 0 Å². The molecule has 0 saturated carbocycles. The zero-order valence-electron chi connectivity index (χ0n) is 13.6. The molecule has 0 aromatic heterocycles. The van der Waals surface area contributed by atoms with E-state index >= 15 is 0 Å². The Labute approximate surface area is 155 Å². The van der Waals surface area contributed by atoms with Crippen LogP contribution in [0.4, 0.5) is 5.69 Å². The molecule has 3 amide bonds. The molecule has 1 heterocycles. The molecule has 1 aromatic rings. The lowest BCUT2D eigenvalue weighted by molar-refractivity contribution is -0.385. The van der Waals surface area contributed by atoms with Gasteiger partial charge in [0.05, 0.1) is 4.92 Å². The minimum atomic E-state index is -1.01. The highest BCUT2D eigenvalue weighted by Crippen LogP contribution is 2.22. The van der Waals surface area contributed by atoms with Crippen molar-refractivity contribution in [3.05, 3.63) is 39.4 Å². The smallest absolute Gasteiger partial charge is 0.341 e. The first kappa shape index (κ1) is 19.5. The van der Waals surface area contributed by atoms with Crippen LogP contribution in [0.1, 0.15) is 29.3 Å². The van der Waals surface area contributed by atoms with Gasteiger partial charge in [-0.05, 0) is 6.07 Å². The van der Waals surface area contributed by atoms with Crippen LogP contribution in [-0.2, 0) is 24.6 Å². The average Bonchev–Trinajstić information content (AvgIpc) is 2.85. The van der Waals surface area contributed by atoms with E-state index in [0.29, 0.717) is 10.6 Å². The Morgan fingerprint density at radius 1 is 1.42 bits per heavy atom. The van der Waals surface area contributed by atoms with E-state index in [0.717, 1.165) is 6.07 Å². The predicted octanol–water partition coefficient (Wildman–Crippen LogP) is 1.07. The van der Waals surface area contributed by atoms with Gasteiger partial charge in [-0.15, -0.1) is 5.06 Å². The normalized spacial score (nSPS) is 16.5. The monoisotopic (exact) mass is 427 g/mol. The summed E-state index contributed by atoms with van der Waals surface area (Å²) in [6.45, 7) is 0.914. The number of alkyl halides is 1. The molecule has 2 rings (SSSR count). The highest BCUT2D eigenvalue weighted by Gasteiger charge is 2.38. The second-order valence-electron chi connectivity index (χ2n) is 5.51. The number of carbonyl (C=O) groups excluding carboxylic acids is 4. The molecule has 10 nitrogen and oxygen atoms in total. The summed E-state index contributed by atoms with van der Waals surface area (Å²) in [5.41, 5.74) is 0.140. The number of carbonyl (C=O) groups is 4. The van der Waals surface area contributed by atoms with Crippen molar-refractivity contribution in [2.45, 2.75) is 18.7 Å². The van der Waals surface area contributed by atoms with E-state index in [-0.39, 0.29) is 23.0 Å². The zero-order chi connectivity index (χ0) is 19.4.